The summed E-state index contributed by atoms with van der Waals surface area (Å²) in [5.74, 6) is 0.309. The van der Waals surface area contributed by atoms with Gasteiger partial charge in [-0.15, -0.1) is 0 Å². The molecule has 0 radical (unpaired) electrons. The zero-order valence-corrected chi connectivity index (χ0v) is 13.4. The highest BCUT2D eigenvalue weighted by Crippen LogP contribution is 2.18. The van der Waals surface area contributed by atoms with E-state index in [1.54, 1.807) is 13.1 Å². The van der Waals surface area contributed by atoms with E-state index in [9.17, 15) is 4.79 Å². The van der Waals surface area contributed by atoms with Crippen molar-refractivity contribution < 1.29 is 9.53 Å². The van der Waals surface area contributed by atoms with E-state index in [-0.39, 0.29) is 5.97 Å². The van der Waals surface area contributed by atoms with Crippen LogP contribution in [0.1, 0.15) is 12.5 Å². The SMILES string of the molecule is CCOC(=O)C(=CNc1ccc2ccccc2n1)c1ccccc1. The van der Waals surface area contributed by atoms with Crippen LogP contribution in [0.3, 0.4) is 0 Å². The highest BCUT2D eigenvalue weighted by Gasteiger charge is 2.12. The Morgan fingerprint density at radius 3 is 2.58 bits per heavy atom. The molecule has 0 spiro atoms. The van der Waals surface area contributed by atoms with Crippen molar-refractivity contribution in [2.45, 2.75) is 6.92 Å². The van der Waals surface area contributed by atoms with E-state index in [1.807, 2.05) is 66.7 Å². The summed E-state index contributed by atoms with van der Waals surface area (Å²) in [7, 11) is 0. The first-order valence-corrected chi connectivity index (χ1v) is 7.83. The van der Waals surface area contributed by atoms with Crippen LogP contribution in [0.25, 0.3) is 16.5 Å². The number of nitrogens with one attached hydrogen (secondary N) is 1. The fourth-order valence-electron chi connectivity index (χ4n) is 2.38. The van der Waals surface area contributed by atoms with Gasteiger partial charge in [0.2, 0.25) is 0 Å². The molecule has 4 heteroatoms. The lowest BCUT2D eigenvalue weighted by atomic mass is 10.1. The lowest BCUT2D eigenvalue weighted by Crippen LogP contribution is -2.08. The lowest BCUT2D eigenvalue weighted by molar-refractivity contribution is -0.136. The first-order chi connectivity index (χ1) is 11.8. The second-order valence-corrected chi connectivity index (χ2v) is 5.18. The number of ether oxygens (including phenoxy) is 1. The maximum Gasteiger partial charge on any atom is 0.340 e. The van der Waals surface area contributed by atoms with Crippen LogP contribution in [0.2, 0.25) is 0 Å². The fourth-order valence-corrected chi connectivity index (χ4v) is 2.38. The maximum atomic E-state index is 12.2. The van der Waals surface area contributed by atoms with Crippen molar-refractivity contribution in [3.63, 3.8) is 0 Å². The molecular formula is C20H18N2O2. The number of hydrogen-bond acceptors (Lipinski definition) is 4. The van der Waals surface area contributed by atoms with Crippen LogP contribution in [0.4, 0.5) is 5.82 Å². The first kappa shape index (κ1) is 15.7. The van der Waals surface area contributed by atoms with Gasteiger partial charge in [0, 0.05) is 11.6 Å². The van der Waals surface area contributed by atoms with Crippen LogP contribution in [0.5, 0.6) is 0 Å². The molecular weight excluding hydrogens is 300 g/mol. The lowest BCUT2D eigenvalue weighted by Gasteiger charge is -2.08. The Kier molecular flexibility index (Phi) is 4.87. The van der Waals surface area contributed by atoms with Gasteiger partial charge < -0.3 is 10.1 Å². The van der Waals surface area contributed by atoms with Crippen LogP contribution in [0, 0.1) is 0 Å². The number of rotatable bonds is 5. The Labute approximate surface area is 140 Å². The number of nitrogens with zero attached hydrogens (tertiary/aromatic N) is 1. The molecule has 3 rings (SSSR count). The van der Waals surface area contributed by atoms with Crippen molar-refractivity contribution in [3.8, 4) is 0 Å². The third-order valence-electron chi connectivity index (χ3n) is 3.54. The molecule has 1 heterocycles. The van der Waals surface area contributed by atoms with E-state index >= 15 is 0 Å². The van der Waals surface area contributed by atoms with Gasteiger partial charge in [0.1, 0.15) is 5.82 Å². The van der Waals surface area contributed by atoms with Gasteiger partial charge in [-0.2, -0.15) is 0 Å². The minimum Gasteiger partial charge on any atom is -0.462 e. The summed E-state index contributed by atoms with van der Waals surface area (Å²) in [6.07, 6.45) is 1.64. The summed E-state index contributed by atoms with van der Waals surface area (Å²) in [5.41, 5.74) is 2.16. The topological polar surface area (TPSA) is 51.2 Å². The normalized spacial score (nSPS) is 11.3. The number of para-hydroxylation sites is 1. The second-order valence-electron chi connectivity index (χ2n) is 5.18. The molecule has 0 fully saturated rings. The predicted octanol–water partition coefficient (Wildman–Crippen LogP) is 4.25. The average Bonchev–Trinajstić information content (AvgIpc) is 2.63. The number of pyridine rings is 1. The number of carbonyl (C=O) groups excluding carboxylic acids is 1. The summed E-state index contributed by atoms with van der Waals surface area (Å²) in [6, 6.07) is 21.2. The Bertz CT molecular complexity index is 873. The monoisotopic (exact) mass is 318 g/mol. The maximum absolute atomic E-state index is 12.2. The third-order valence-corrected chi connectivity index (χ3v) is 3.54. The quantitative estimate of drug-likeness (QED) is 0.564. The standard InChI is InChI=1S/C20H18N2O2/c1-2-24-20(23)17(15-8-4-3-5-9-15)14-21-19-13-12-16-10-6-7-11-18(16)22-19/h3-14H,2H2,1H3,(H,21,22). The van der Waals surface area contributed by atoms with Gasteiger partial charge in [-0.3, -0.25) is 0 Å². The number of carbonyl (C=O) groups is 1. The predicted molar refractivity (Wildman–Crippen MR) is 96.4 cm³/mol. The van der Waals surface area contributed by atoms with E-state index in [0.717, 1.165) is 16.5 Å². The summed E-state index contributed by atoms with van der Waals surface area (Å²) in [6.45, 7) is 2.12. The van der Waals surface area contributed by atoms with E-state index < -0.39 is 0 Å². The van der Waals surface area contributed by atoms with Crippen molar-refractivity contribution in [3.05, 3.63) is 78.5 Å². The van der Waals surface area contributed by atoms with Gasteiger partial charge >= 0.3 is 5.97 Å². The largest absolute Gasteiger partial charge is 0.462 e. The highest BCUT2D eigenvalue weighted by atomic mass is 16.5. The van der Waals surface area contributed by atoms with Crippen molar-refractivity contribution in [2.24, 2.45) is 0 Å². The Morgan fingerprint density at radius 2 is 1.79 bits per heavy atom. The number of anilines is 1. The van der Waals surface area contributed by atoms with Gasteiger partial charge in [0.25, 0.3) is 0 Å². The molecule has 0 aliphatic rings. The van der Waals surface area contributed by atoms with Gasteiger partial charge in [0.05, 0.1) is 17.7 Å². The zero-order valence-electron chi connectivity index (χ0n) is 13.4. The number of aromatic nitrogens is 1. The minimum atomic E-state index is -0.364. The number of fused-ring (bicyclic) bond motifs is 1. The smallest absolute Gasteiger partial charge is 0.340 e. The van der Waals surface area contributed by atoms with Crippen LogP contribution < -0.4 is 5.32 Å². The minimum absolute atomic E-state index is 0.331. The van der Waals surface area contributed by atoms with Gasteiger partial charge in [-0.05, 0) is 30.7 Å². The van der Waals surface area contributed by atoms with Crippen LogP contribution in [-0.4, -0.2) is 17.6 Å². The van der Waals surface area contributed by atoms with E-state index in [4.69, 9.17) is 4.74 Å². The summed E-state index contributed by atoms with van der Waals surface area (Å²) in [5, 5.41) is 4.17. The molecule has 0 unspecified atom stereocenters. The highest BCUT2D eigenvalue weighted by molar-refractivity contribution is 6.16. The van der Waals surface area contributed by atoms with Gasteiger partial charge in [-0.1, -0.05) is 48.5 Å². The summed E-state index contributed by atoms with van der Waals surface area (Å²) in [4.78, 5) is 16.8. The van der Waals surface area contributed by atoms with E-state index in [0.29, 0.717) is 18.0 Å². The summed E-state index contributed by atoms with van der Waals surface area (Å²) >= 11 is 0. The molecule has 0 aliphatic heterocycles. The molecule has 0 saturated heterocycles. The number of benzene rings is 2. The van der Waals surface area contributed by atoms with Crippen LogP contribution in [-0.2, 0) is 9.53 Å². The van der Waals surface area contributed by atoms with Crippen molar-refractivity contribution >= 4 is 28.3 Å². The Hall–Kier alpha value is -3.14. The molecule has 0 bridgehead atoms. The van der Waals surface area contributed by atoms with Crippen LogP contribution >= 0.6 is 0 Å². The molecule has 24 heavy (non-hydrogen) atoms. The molecule has 3 aromatic rings. The second kappa shape index (κ2) is 7.42. The molecule has 1 N–H and O–H groups in total. The fraction of sp³-hybridized carbons (Fsp3) is 0.100. The van der Waals surface area contributed by atoms with E-state index in [1.165, 1.54) is 0 Å². The number of hydrogen-bond donors (Lipinski definition) is 1. The molecule has 1 aromatic heterocycles. The van der Waals surface area contributed by atoms with Crippen molar-refractivity contribution in [1.82, 2.24) is 4.98 Å². The molecule has 0 amide bonds. The van der Waals surface area contributed by atoms with Gasteiger partial charge in [0.15, 0.2) is 0 Å². The zero-order chi connectivity index (χ0) is 16.8. The molecule has 0 atom stereocenters. The van der Waals surface area contributed by atoms with Crippen molar-refractivity contribution in [2.75, 3.05) is 11.9 Å². The first-order valence-electron chi connectivity index (χ1n) is 7.83. The Morgan fingerprint density at radius 1 is 1.04 bits per heavy atom. The molecule has 0 saturated carbocycles. The molecule has 4 nitrogen and oxygen atoms in total. The molecule has 0 aliphatic carbocycles. The van der Waals surface area contributed by atoms with Crippen LogP contribution in [0.15, 0.2) is 72.9 Å². The number of esters is 1. The summed E-state index contributed by atoms with van der Waals surface area (Å²) < 4.78 is 5.15. The third kappa shape index (κ3) is 3.60. The molecule has 120 valence electrons. The van der Waals surface area contributed by atoms with E-state index in [2.05, 4.69) is 10.3 Å². The Balaban J connectivity index is 1.90. The average molecular weight is 318 g/mol. The molecule has 2 aromatic carbocycles. The van der Waals surface area contributed by atoms with Gasteiger partial charge in [-0.25, -0.2) is 9.78 Å². The van der Waals surface area contributed by atoms with Crippen molar-refractivity contribution in [1.29, 1.82) is 0 Å².